The van der Waals surface area contributed by atoms with Gasteiger partial charge in [0.1, 0.15) is 11.5 Å². The second-order valence-corrected chi connectivity index (χ2v) is 6.27. The lowest BCUT2D eigenvalue weighted by Crippen LogP contribution is -2.43. The Morgan fingerprint density at radius 3 is 2.71 bits per heavy atom. The summed E-state index contributed by atoms with van der Waals surface area (Å²) in [6.07, 6.45) is 1.05. The number of nitrogens with one attached hydrogen (secondary N) is 1. The fraction of sp³-hybridized carbons (Fsp3) is 0.389. The van der Waals surface area contributed by atoms with Crippen LogP contribution in [0.1, 0.15) is 19.1 Å². The van der Waals surface area contributed by atoms with Gasteiger partial charge in [-0.3, -0.25) is 9.59 Å². The molecule has 0 bridgehead atoms. The van der Waals surface area contributed by atoms with Crippen molar-refractivity contribution in [3.8, 4) is 11.3 Å². The maximum absolute atomic E-state index is 12.5. The lowest BCUT2D eigenvalue weighted by atomic mass is 9.81. The summed E-state index contributed by atoms with van der Waals surface area (Å²) >= 11 is 0. The van der Waals surface area contributed by atoms with Crippen molar-refractivity contribution in [3.63, 3.8) is 0 Å². The summed E-state index contributed by atoms with van der Waals surface area (Å²) in [4.78, 5) is 25.8. The van der Waals surface area contributed by atoms with E-state index in [1.165, 1.54) is 6.92 Å². The molecule has 1 saturated heterocycles. The SMILES string of the molecule is CNC(=O)[C@@]1(Cc2cc(-c3ccccc3)no2)CCN(C(C)=O)C1. The minimum atomic E-state index is -0.659. The van der Waals surface area contributed by atoms with Crippen molar-refractivity contribution < 1.29 is 14.1 Å². The number of rotatable bonds is 4. The van der Waals surface area contributed by atoms with Crippen LogP contribution in [0.5, 0.6) is 0 Å². The molecule has 2 amide bonds. The first-order chi connectivity index (χ1) is 11.5. The van der Waals surface area contributed by atoms with Crippen LogP contribution in [0.15, 0.2) is 40.9 Å². The third-order valence-corrected chi connectivity index (χ3v) is 4.65. The largest absolute Gasteiger partial charge is 0.361 e. The third-order valence-electron chi connectivity index (χ3n) is 4.65. The van der Waals surface area contributed by atoms with E-state index in [1.54, 1.807) is 11.9 Å². The summed E-state index contributed by atoms with van der Waals surface area (Å²) in [6.45, 7) is 2.52. The van der Waals surface area contributed by atoms with Crippen molar-refractivity contribution >= 4 is 11.8 Å². The smallest absolute Gasteiger partial charge is 0.228 e. The fourth-order valence-corrected chi connectivity index (χ4v) is 3.29. The van der Waals surface area contributed by atoms with Crippen LogP contribution in [0.3, 0.4) is 0 Å². The Hall–Kier alpha value is -2.63. The number of likely N-dealkylation sites (tertiary alicyclic amines) is 1. The zero-order valence-electron chi connectivity index (χ0n) is 13.9. The van der Waals surface area contributed by atoms with E-state index in [-0.39, 0.29) is 11.8 Å². The molecule has 0 radical (unpaired) electrons. The van der Waals surface area contributed by atoms with Gasteiger partial charge in [-0.15, -0.1) is 0 Å². The molecule has 0 unspecified atom stereocenters. The Bertz CT molecular complexity index is 741. The van der Waals surface area contributed by atoms with Crippen LogP contribution in [0.2, 0.25) is 0 Å². The summed E-state index contributed by atoms with van der Waals surface area (Å²) in [7, 11) is 1.62. The van der Waals surface area contributed by atoms with Crippen LogP contribution in [-0.4, -0.2) is 42.0 Å². The van der Waals surface area contributed by atoms with Crippen molar-refractivity contribution in [2.45, 2.75) is 19.8 Å². The van der Waals surface area contributed by atoms with E-state index < -0.39 is 5.41 Å². The van der Waals surface area contributed by atoms with Gasteiger partial charge >= 0.3 is 0 Å². The highest BCUT2D eigenvalue weighted by molar-refractivity contribution is 5.85. The molecule has 1 atom stereocenters. The van der Waals surface area contributed by atoms with Gasteiger partial charge in [-0.25, -0.2) is 0 Å². The molecule has 6 heteroatoms. The van der Waals surface area contributed by atoms with Gasteiger partial charge in [0.2, 0.25) is 11.8 Å². The Morgan fingerprint density at radius 1 is 1.33 bits per heavy atom. The number of hydrogen-bond donors (Lipinski definition) is 1. The van der Waals surface area contributed by atoms with Gasteiger partial charge in [0.15, 0.2) is 0 Å². The van der Waals surface area contributed by atoms with E-state index in [9.17, 15) is 9.59 Å². The van der Waals surface area contributed by atoms with E-state index in [2.05, 4.69) is 10.5 Å². The molecule has 1 aromatic carbocycles. The van der Waals surface area contributed by atoms with Gasteiger partial charge in [-0.05, 0) is 6.42 Å². The normalized spacial score (nSPS) is 20.2. The average Bonchev–Trinajstić information content (AvgIpc) is 3.23. The molecule has 1 aliphatic heterocycles. The van der Waals surface area contributed by atoms with Gasteiger partial charge in [0.25, 0.3) is 0 Å². The standard InChI is InChI=1S/C18H21N3O3/c1-13(22)21-9-8-18(12-21,17(23)19-2)11-15-10-16(20-24-15)14-6-4-3-5-7-14/h3-7,10H,8-9,11-12H2,1-2H3,(H,19,23)/t18-/m1/s1. The first kappa shape index (κ1) is 16.2. The second-order valence-electron chi connectivity index (χ2n) is 6.27. The number of nitrogens with zero attached hydrogens (tertiary/aromatic N) is 2. The van der Waals surface area contributed by atoms with Gasteiger partial charge in [0.05, 0.1) is 5.41 Å². The average molecular weight is 327 g/mol. The molecule has 2 aromatic rings. The summed E-state index contributed by atoms with van der Waals surface area (Å²) in [5, 5.41) is 6.84. The molecule has 0 aliphatic carbocycles. The van der Waals surface area contributed by atoms with Crippen LogP contribution in [-0.2, 0) is 16.0 Å². The summed E-state index contributed by atoms with van der Waals surface area (Å²) < 4.78 is 5.46. The highest BCUT2D eigenvalue weighted by atomic mass is 16.5. The number of carbonyl (C=O) groups excluding carboxylic acids is 2. The molecule has 3 rings (SSSR count). The molecule has 0 spiro atoms. The molecule has 1 aromatic heterocycles. The molecule has 0 saturated carbocycles. The highest BCUT2D eigenvalue weighted by Gasteiger charge is 2.45. The van der Waals surface area contributed by atoms with Gasteiger partial charge in [0, 0.05) is 45.1 Å². The predicted octanol–water partition coefficient (Wildman–Crippen LogP) is 1.87. The first-order valence-corrected chi connectivity index (χ1v) is 8.03. The van der Waals surface area contributed by atoms with Crippen molar-refractivity contribution in [3.05, 3.63) is 42.2 Å². The summed E-state index contributed by atoms with van der Waals surface area (Å²) in [5.74, 6) is 0.579. The topological polar surface area (TPSA) is 75.4 Å². The third kappa shape index (κ3) is 3.04. The number of aromatic nitrogens is 1. The predicted molar refractivity (Wildman–Crippen MR) is 89.0 cm³/mol. The van der Waals surface area contributed by atoms with Gasteiger partial charge < -0.3 is 14.7 Å². The van der Waals surface area contributed by atoms with E-state index >= 15 is 0 Å². The van der Waals surface area contributed by atoms with Crippen LogP contribution in [0.4, 0.5) is 0 Å². The Morgan fingerprint density at radius 2 is 2.08 bits per heavy atom. The van der Waals surface area contributed by atoms with Crippen LogP contribution >= 0.6 is 0 Å². The maximum atomic E-state index is 12.5. The monoisotopic (exact) mass is 327 g/mol. The van der Waals surface area contributed by atoms with Crippen molar-refractivity contribution in [2.24, 2.45) is 5.41 Å². The minimum absolute atomic E-state index is 0.0108. The molecule has 2 heterocycles. The molecule has 1 N–H and O–H groups in total. The number of carbonyl (C=O) groups is 2. The molecule has 126 valence electrons. The van der Waals surface area contributed by atoms with Gasteiger partial charge in [-0.1, -0.05) is 35.5 Å². The molecule has 1 fully saturated rings. The van der Waals surface area contributed by atoms with E-state index in [0.717, 1.165) is 11.3 Å². The fourth-order valence-electron chi connectivity index (χ4n) is 3.29. The highest BCUT2D eigenvalue weighted by Crippen LogP contribution is 2.35. The molecular weight excluding hydrogens is 306 g/mol. The number of benzene rings is 1. The van der Waals surface area contributed by atoms with E-state index in [0.29, 0.717) is 31.7 Å². The van der Waals surface area contributed by atoms with E-state index in [1.807, 2.05) is 36.4 Å². The molecule has 6 nitrogen and oxygen atoms in total. The zero-order chi connectivity index (χ0) is 17.2. The minimum Gasteiger partial charge on any atom is -0.361 e. The Balaban J connectivity index is 1.83. The summed E-state index contributed by atoms with van der Waals surface area (Å²) in [5.41, 5.74) is 1.06. The molecule has 24 heavy (non-hydrogen) atoms. The zero-order valence-corrected chi connectivity index (χ0v) is 13.9. The number of hydrogen-bond acceptors (Lipinski definition) is 4. The van der Waals surface area contributed by atoms with Gasteiger partial charge in [-0.2, -0.15) is 0 Å². The van der Waals surface area contributed by atoms with Crippen LogP contribution in [0, 0.1) is 5.41 Å². The van der Waals surface area contributed by atoms with Crippen LogP contribution < -0.4 is 5.32 Å². The summed E-state index contributed by atoms with van der Waals surface area (Å²) in [6, 6.07) is 11.6. The van der Waals surface area contributed by atoms with Crippen LogP contribution in [0.25, 0.3) is 11.3 Å². The first-order valence-electron chi connectivity index (χ1n) is 8.03. The van der Waals surface area contributed by atoms with Crippen molar-refractivity contribution in [2.75, 3.05) is 20.1 Å². The van der Waals surface area contributed by atoms with Crippen molar-refractivity contribution in [1.82, 2.24) is 15.4 Å². The lowest BCUT2D eigenvalue weighted by molar-refractivity contribution is -0.132. The lowest BCUT2D eigenvalue weighted by Gasteiger charge is -2.26. The second kappa shape index (κ2) is 6.47. The molecular formula is C18H21N3O3. The molecule has 1 aliphatic rings. The number of amides is 2. The quantitative estimate of drug-likeness (QED) is 0.930. The maximum Gasteiger partial charge on any atom is 0.228 e. The van der Waals surface area contributed by atoms with E-state index in [4.69, 9.17) is 4.52 Å². The van der Waals surface area contributed by atoms with Crippen molar-refractivity contribution in [1.29, 1.82) is 0 Å². The Kier molecular flexibility index (Phi) is 4.38. The Labute approximate surface area is 140 Å².